The van der Waals surface area contributed by atoms with E-state index in [1.165, 1.54) is 17.9 Å². The van der Waals surface area contributed by atoms with Crippen molar-refractivity contribution >= 4 is 40.3 Å². The monoisotopic (exact) mass is 532 g/mol. The highest BCUT2D eigenvalue weighted by atomic mass is 16.4. The van der Waals surface area contributed by atoms with Crippen molar-refractivity contribution in [1.82, 2.24) is 15.5 Å². The Morgan fingerprint density at radius 3 is 2.51 bits per heavy atom. The maximum atomic E-state index is 13.4. The molecule has 0 radical (unpaired) electrons. The Kier molecular flexibility index (Phi) is 8.43. The summed E-state index contributed by atoms with van der Waals surface area (Å²) in [6, 6.07) is 13.3. The van der Waals surface area contributed by atoms with E-state index < -0.39 is 35.6 Å². The highest BCUT2D eigenvalue weighted by molar-refractivity contribution is 5.99. The lowest BCUT2D eigenvalue weighted by Crippen LogP contribution is -2.55. The largest absolute Gasteiger partial charge is 0.423 e. The van der Waals surface area contributed by atoms with E-state index in [0.29, 0.717) is 37.1 Å². The molecule has 0 saturated carbocycles. The third-order valence-corrected chi connectivity index (χ3v) is 6.77. The van der Waals surface area contributed by atoms with Gasteiger partial charge in [0.15, 0.2) is 0 Å². The lowest BCUT2D eigenvalue weighted by molar-refractivity contribution is -0.141. The van der Waals surface area contributed by atoms with Gasteiger partial charge in [0.1, 0.15) is 23.7 Å². The summed E-state index contributed by atoms with van der Waals surface area (Å²) in [5.41, 5.74) is 1.93. The lowest BCUT2D eigenvalue weighted by Gasteiger charge is -2.29. The summed E-state index contributed by atoms with van der Waals surface area (Å²) in [4.78, 5) is 64.4. The van der Waals surface area contributed by atoms with Crippen LogP contribution in [0.4, 0.5) is 5.69 Å². The third-order valence-electron chi connectivity index (χ3n) is 6.77. The molecule has 1 aliphatic rings. The van der Waals surface area contributed by atoms with E-state index in [2.05, 4.69) is 16.0 Å². The number of carbonyl (C=O) groups excluding carboxylic acids is 4. The van der Waals surface area contributed by atoms with Crippen LogP contribution in [0.15, 0.2) is 63.8 Å². The van der Waals surface area contributed by atoms with Crippen LogP contribution < -0.4 is 21.6 Å². The van der Waals surface area contributed by atoms with Crippen molar-refractivity contribution in [2.75, 3.05) is 11.9 Å². The van der Waals surface area contributed by atoms with Gasteiger partial charge in [-0.05, 0) is 49.9 Å². The number of nitrogens with one attached hydrogen (secondary N) is 3. The summed E-state index contributed by atoms with van der Waals surface area (Å²) < 4.78 is 5.23. The van der Waals surface area contributed by atoms with Crippen LogP contribution in [0.3, 0.4) is 0 Å². The average Bonchev–Trinajstić information content (AvgIpc) is 3.38. The van der Waals surface area contributed by atoms with E-state index in [1.54, 1.807) is 32.0 Å². The van der Waals surface area contributed by atoms with E-state index in [9.17, 15) is 24.0 Å². The number of anilines is 1. The van der Waals surface area contributed by atoms with Gasteiger partial charge in [-0.3, -0.25) is 19.2 Å². The molecule has 1 saturated heterocycles. The molecule has 39 heavy (non-hydrogen) atoms. The normalized spacial score (nSPS) is 16.4. The summed E-state index contributed by atoms with van der Waals surface area (Å²) in [6.07, 6.45) is 1.38. The number of aryl methyl sites for hydroxylation is 1. The van der Waals surface area contributed by atoms with Gasteiger partial charge in [-0.1, -0.05) is 30.3 Å². The van der Waals surface area contributed by atoms with Crippen LogP contribution in [0.25, 0.3) is 11.0 Å². The molecule has 1 aromatic heterocycles. The van der Waals surface area contributed by atoms with Crippen LogP contribution in [0.2, 0.25) is 0 Å². The second-order valence-electron chi connectivity index (χ2n) is 9.81. The summed E-state index contributed by atoms with van der Waals surface area (Å²) in [7, 11) is 0. The molecule has 3 aromatic rings. The van der Waals surface area contributed by atoms with E-state index in [0.717, 1.165) is 16.5 Å². The van der Waals surface area contributed by atoms with Crippen molar-refractivity contribution in [3.8, 4) is 0 Å². The molecule has 3 N–H and O–H groups in total. The zero-order valence-electron chi connectivity index (χ0n) is 22.2. The van der Waals surface area contributed by atoms with Crippen LogP contribution in [0.1, 0.15) is 37.8 Å². The number of amides is 4. The minimum Gasteiger partial charge on any atom is -0.423 e. The molecule has 10 nitrogen and oxygen atoms in total. The van der Waals surface area contributed by atoms with Gasteiger partial charge >= 0.3 is 5.63 Å². The van der Waals surface area contributed by atoms with Crippen LogP contribution in [0.5, 0.6) is 0 Å². The highest BCUT2D eigenvalue weighted by Crippen LogP contribution is 2.22. The lowest BCUT2D eigenvalue weighted by atomic mass is 10.0. The molecule has 0 unspecified atom stereocenters. The summed E-state index contributed by atoms with van der Waals surface area (Å²) in [5.74, 6) is -1.58. The fraction of sp³-hybridized carbons (Fsp3) is 0.345. The van der Waals surface area contributed by atoms with Crippen LogP contribution >= 0.6 is 0 Å². The molecule has 0 aliphatic carbocycles. The Morgan fingerprint density at radius 2 is 1.79 bits per heavy atom. The molecule has 1 fully saturated rings. The van der Waals surface area contributed by atoms with Crippen molar-refractivity contribution in [3.63, 3.8) is 0 Å². The number of nitrogens with zero attached hydrogens (tertiary/aromatic N) is 1. The molecule has 0 bridgehead atoms. The molecule has 3 atom stereocenters. The first-order valence-corrected chi connectivity index (χ1v) is 12.9. The quantitative estimate of drug-likeness (QED) is 0.381. The minimum absolute atomic E-state index is 0.300. The molecule has 4 amide bonds. The molecule has 204 valence electrons. The molecule has 0 spiro atoms. The number of fused-ring (bicyclic) bond motifs is 1. The Balaban J connectivity index is 1.41. The van der Waals surface area contributed by atoms with E-state index in [4.69, 9.17) is 4.42 Å². The minimum atomic E-state index is -0.897. The predicted octanol–water partition coefficient (Wildman–Crippen LogP) is 2.28. The van der Waals surface area contributed by atoms with Gasteiger partial charge in [-0.15, -0.1) is 0 Å². The molecule has 10 heteroatoms. The molecule has 1 aliphatic heterocycles. The predicted molar refractivity (Wildman–Crippen MR) is 146 cm³/mol. The zero-order valence-corrected chi connectivity index (χ0v) is 22.2. The van der Waals surface area contributed by atoms with Gasteiger partial charge in [-0.25, -0.2) is 4.79 Å². The van der Waals surface area contributed by atoms with Gasteiger partial charge in [-0.2, -0.15) is 0 Å². The van der Waals surface area contributed by atoms with E-state index in [-0.39, 0.29) is 11.8 Å². The molecular formula is C29H32N4O6. The summed E-state index contributed by atoms with van der Waals surface area (Å²) >= 11 is 0. The zero-order chi connectivity index (χ0) is 28.1. The number of hydrogen-bond acceptors (Lipinski definition) is 6. The Hall–Kier alpha value is -4.47. The number of likely N-dealkylation sites (tertiary alicyclic amines) is 1. The van der Waals surface area contributed by atoms with Crippen molar-refractivity contribution < 1.29 is 23.6 Å². The SMILES string of the molecule is CC(=O)N[C@@H](Cc1ccccc1)C(=O)N1CCC[C@H]1C(=O)N[C@@H](C)C(=O)Nc1ccc2c(C)cc(=O)oc2c1. The first kappa shape index (κ1) is 27.6. The van der Waals surface area contributed by atoms with Crippen LogP contribution in [-0.4, -0.2) is 53.2 Å². The number of benzene rings is 2. The maximum absolute atomic E-state index is 13.4. The van der Waals surface area contributed by atoms with Crippen molar-refractivity contribution in [2.45, 2.75) is 58.2 Å². The maximum Gasteiger partial charge on any atom is 0.336 e. The first-order valence-electron chi connectivity index (χ1n) is 12.9. The van der Waals surface area contributed by atoms with Gasteiger partial charge in [0.25, 0.3) is 0 Å². The second-order valence-corrected chi connectivity index (χ2v) is 9.81. The Labute approximate surface area is 225 Å². The van der Waals surface area contributed by atoms with Crippen molar-refractivity contribution in [2.24, 2.45) is 0 Å². The number of hydrogen-bond donors (Lipinski definition) is 3. The van der Waals surface area contributed by atoms with Crippen molar-refractivity contribution in [1.29, 1.82) is 0 Å². The van der Waals surface area contributed by atoms with Gasteiger partial charge < -0.3 is 25.3 Å². The van der Waals surface area contributed by atoms with Crippen LogP contribution in [-0.2, 0) is 25.6 Å². The Bertz CT molecular complexity index is 1450. The average molecular weight is 533 g/mol. The van der Waals surface area contributed by atoms with E-state index in [1.807, 2.05) is 30.3 Å². The van der Waals surface area contributed by atoms with Crippen LogP contribution in [0, 0.1) is 6.92 Å². The second kappa shape index (κ2) is 11.9. The van der Waals surface area contributed by atoms with Gasteiger partial charge in [0.2, 0.25) is 23.6 Å². The summed E-state index contributed by atoms with van der Waals surface area (Å²) in [6.45, 7) is 5.08. The topological polar surface area (TPSA) is 138 Å². The fourth-order valence-corrected chi connectivity index (χ4v) is 4.83. The number of carbonyl (C=O) groups is 4. The Morgan fingerprint density at radius 1 is 1.05 bits per heavy atom. The standard InChI is InChI=1S/C29H32N4O6/c1-17-14-26(35)39-25-16-21(11-12-22(17)25)32-27(36)18(2)30-28(37)24-10-7-13-33(24)29(38)23(31-19(3)34)15-20-8-5-4-6-9-20/h4-6,8-9,11-12,14,16,18,23-24H,7,10,13,15H2,1-3H3,(H,30,37)(H,31,34)(H,32,36)/t18-,23-,24-/m0/s1. The third kappa shape index (κ3) is 6.70. The molecular weight excluding hydrogens is 500 g/mol. The van der Waals surface area contributed by atoms with Gasteiger partial charge in [0.05, 0.1) is 0 Å². The highest BCUT2D eigenvalue weighted by Gasteiger charge is 2.38. The smallest absolute Gasteiger partial charge is 0.336 e. The van der Waals surface area contributed by atoms with Gasteiger partial charge in [0, 0.05) is 43.1 Å². The van der Waals surface area contributed by atoms with E-state index >= 15 is 0 Å². The summed E-state index contributed by atoms with van der Waals surface area (Å²) in [5, 5.41) is 8.90. The number of rotatable bonds is 8. The van der Waals surface area contributed by atoms with Crippen molar-refractivity contribution in [3.05, 3.63) is 76.1 Å². The first-order chi connectivity index (χ1) is 18.6. The fourth-order valence-electron chi connectivity index (χ4n) is 4.83. The molecule has 2 heterocycles. The molecule has 4 rings (SSSR count). The molecule has 2 aromatic carbocycles.